The van der Waals surface area contributed by atoms with E-state index >= 15 is 0 Å². The fraction of sp³-hybridized carbons (Fsp3) is 0.250. The summed E-state index contributed by atoms with van der Waals surface area (Å²) < 4.78 is 29.5. The standard InChI is InChI=1S/C20H22NO3PS/c1-20(2,3)19-21-17(13-5-9-15(25)10-6-13)18(24-19)14-7-11-16(12-8-14)26(4,22)23/h5-12H,25H2,1-4H3. The van der Waals surface area contributed by atoms with Crippen molar-refractivity contribution in [3.05, 3.63) is 54.4 Å². The van der Waals surface area contributed by atoms with Crippen LogP contribution < -0.4 is 5.30 Å². The fourth-order valence-electron chi connectivity index (χ4n) is 2.53. The zero-order valence-corrected chi connectivity index (χ0v) is 17.2. The summed E-state index contributed by atoms with van der Waals surface area (Å²) in [6.45, 7) is 6.14. The molecule has 2 aromatic carbocycles. The highest BCUT2D eigenvalue weighted by Crippen LogP contribution is 2.36. The maximum atomic E-state index is 11.7. The van der Waals surface area contributed by atoms with Crippen LogP contribution in [0, 0.1) is 0 Å². The minimum Gasteiger partial charge on any atom is -0.439 e. The molecule has 0 saturated heterocycles. The van der Waals surface area contributed by atoms with E-state index in [0.29, 0.717) is 11.7 Å². The average Bonchev–Trinajstić information content (AvgIpc) is 3.00. The Balaban J connectivity index is 2.16. The van der Waals surface area contributed by atoms with Gasteiger partial charge in [0.2, 0.25) is 5.89 Å². The Kier molecular flexibility index (Phi) is 4.80. The fourth-order valence-corrected chi connectivity index (χ4v) is 3.35. The predicted molar refractivity (Wildman–Crippen MR) is 109 cm³/mol. The molecule has 0 aliphatic heterocycles. The lowest BCUT2D eigenvalue weighted by Crippen LogP contribution is -2.11. The first-order valence-corrected chi connectivity index (χ1v) is 10.7. The molecule has 136 valence electrons. The summed E-state index contributed by atoms with van der Waals surface area (Å²) in [5.41, 5.74) is 2.27. The largest absolute Gasteiger partial charge is 0.439 e. The first-order chi connectivity index (χ1) is 12.1. The second-order valence-corrected chi connectivity index (χ2v) is 10.0. The highest BCUT2D eigenvalue weighted by atomic mass is 32.2. The van der Waals surface area contributed by atoms with Gasteiger partial charge in [0.1, 0.15) is 5.69 Å². The predicted octanol–water partition coefficient (Wildman–Crippen LogP) is 4.21. The van der Waals surface area contributed by atoms with Gasteiger partial charge >= 0.3 is 0 Å². The number of hydrogen-bond acceptors (Lipinski definition) is 4. The van der Waals surface area contributed by atoms with Gasteiger partial charge in [-0.1, -0.05) is 45.0 Å². The van der Waals surface area contributed by atoms with Gasteiger partial charge in [0.05, 0.1) is 4.90 Å². The third-order valence-corrected chi connectivity index (χ3v) is 5.51. The smallest absolute Gasteiger partial charge is 0.200 e. The molecule has 26 heavy (non-hydrogen) atoms. The van der Waals surface area contributed by atoms with Crippen LogP contribution in [-0.2, 0) is 15.3 Å². The number of hydrogen-bond donors (Lipinski definition) is 0. The lowest BCUT2D eigenvalue weighted by atomic mass is 9.97. The van der Waals surface area contributed by atoms with Gasteiger partial charge in [0.15, 0.2) is 15.6 Å². The first kappa shape index (κ1) is 18.8. The Morgan fingerprint density at radius 1 is 0.923 bits per heavy atom. The zero-order chi connectivity index (χ0) is 19.1. The van der Waals surface area contributed by atoms with Crippen LogP contribution in [0.3, 0.4) is 0 Å². The molecule has 6 heteroatoms. The van der Waals surface area contributed by atoms with Crippen LogP contribution in [0.15, 0.2) is 57.8 Å². The van der Waals surface area contributed by atoms with E-state index in [4.69, 9.17) is 9.40 Å². The van der Waals surface area contributed by atoms with Crippen LogP contribution in [0.25, 0.3) is 22.6 Å². The molecule has 0 bridgehead atoms. The van der Waals surface area contributed by atoms with Crippen molar-refractivity contribution in [2.75, 3.05) is 6.26 Å². The molecule has 1 aromatic heterocycles. The van der Waals surface area contributed by atoms with Gasteiger partial charge in [-0.05, 0) is 29.6 Å². The van der Waals surface area contributed by atoms with Crippen molar-refractivity contribution in [2.45, 2.75) is 31.1 Å². The highest BCUT2D eigenvalue weighted by molar-refractivity contribution is 7.90. The number of sulfone groups is 1. The molecule has 1 unspecified atom stereocenters. The molecular weight excluding hydrogens is 365 g/mol. The molecule has 0 saturated carbocycles. The van der Waals surface area contributed by atoms with Gasteiger partial charge in [-0.2, -0.15) is 0 Å². The minimum atomic E-state index is -3.24. The van der Waals surface area contributed by atoms with Gasteiger partial charge in [0, 0.05) is 22.8 Å². The minimum absolute atomic E-state index is 0.236. The second-order valence-electron chi connectivity index (χ2n) is 7.37. The van der Waals surface area contributed by atoms with Crippen molar-refractivity contribution in [3.8, 4) is 22.6 Å². The lowest BCUT2D eigenvalue weighted by Gasteiger charge is -2.12. The van der Waals surface area contributed by atoms with E-state index in [9.17, 15) is 8.42 Å². The molecule has 0 aliphatic rings. The van der Waals surface area contributed by atoms with Crippen LogP contribution in [-0.4, -0.2) is 19.7 Å². The number of nitrogens with zero attached hydrogens (tertiary/aromatic N) is 1. The van der Waals surface area contributed by atoms with Crippen LogP contribution in [0.5, 0.6) is 0 Å². The molecule has 1 atom stereocenters. The van der Waals surface area contributed by atoms with Crippen molar-refractivity contribution in [1.82, 2.24) is 4.98 Å². The van der Waals surface area contributed by atoms with Crippen molar-refractivity contribution < 1.29 is 12.8 Å². The first-order valence-electron chi connectivity index (χ1n) is 8.23. The third kappa shape index (κ3) is 3.89. The molecule has 0 aliphatic carbocycles. The number of oxazole rings is 1. The second kappa shape index (κ2) is 6.64. The van der Waals surface area contributed by atoms with Crippen molar-refractivity contribution in [2.24, 2.45) is 0 Å². The Morgan fingerprint density at radius 2 is 1.46 bits per heavy atom. The molecule has 0 spiro atoms. The maximum absolute atomic E-state index is 11.7. The van der Waals surface area contributed by atoms with Crippen LogP contribution >= 0.6 is 9.24 Å². The van der Waals surface area contributed by atoms with E-state index in [0.717, 1.165) is 22.1 Å². The normalized spacial score (nSPS) is 12.3. The lowest BCUT2D eigenvalue weighted by molar-refractivity contribution is 0.399. The van der Waals surface area contributed by atoms with E-state index in [1.165, 1.54) is 6.26 Å². The Labute approximate surface area is 156 Å². The number of rotatable bonds is 3. The molecule has 0 amide bonds. The van der Waals surface area contributed by atoms with Gasteiger partial charge in [-0.15, -0.1) is 9.24 Å². The van der Waals surface area contributed by atoms with Crippen LogP contribution in [0.4, 0.5) is 0 Å². The van der Waals surface area contributed by atoms with Crippen molar-refractivity contribution >= 4 is 24.4 Å². The van der Waals surface area contributed by atoms with E-state index in [2.05, 4.69) is 9.24 Å². The summed E-state index contributed by atoms with van der Waals surface area (Å²) in [7, 11) is -0.572. The molecule has 0 N–H and O–H groups in total. The Morgan fingerprint density at radius 3 is 1.96 bits per heavy atom. The molecule has 4 nitrogen and oxygen atoms in total. The highest BCUT2D eigenvalue weighted by Gasteiger charge is 2.25. The third-order valence-electron chi connectivity index (χ3n) is 4.00. The molecular formula is C20H22NO3PS. The average molecular weight is 387 g/mol. The topological polar surface area (TPSA) is 60.2 Å². The Bertz CT molecular complexity index is 1030. The van der Waals surface area contributed by atoms with E-state index < -0.39 is 9.84 Å². The molecule has 3 aromatic rings. The molecule has 0 radical (unpaired) electrons. The monoisotopic (exact) mass is 387 g/mol. The molecule has 3 rings (SSSR count). The number of benzene rings is 2. The van der Waals surface area contributed by atoms with Gasteiger partial charge < -0.3 is 4.42 Å². The van der Waals surface area contributed by atoms with Gasteiger partial charge in [-0.25, -0.2) is 13.4 Å². The Hall–Kier alpha value is -1.97. The van der Waals surface area contributed by atoms with Gasteiger partial charge in [-0.3, -0.25) is 0 Å². The summed E-state index contributed by atoms with van der Waals surface area (Å²) in [5, 5.41) is 1.09. The summed E-state index contributed by atoms with van der Waals surface area (Å²) in [6, 6.07) is 14.7. The summed E-state index contributed by atoms with van der Waals surface area (Å²) in [6.07, 6.45) is 1.20. The SMILES string of the molecule is CC(C)(C)c1nc(-c2ccc(P)cc2)c(-c2ccc(S(C)(=O)=O)cc2)o1. The molecule has 1 heterocycles. The van der Waals surface area contributed by atoms with Crippen molar-refractivity contribution in [3.63, 3.8) is 0 Å². The van der Waals surface area contributed by atoms with Crippen molar-refractivity contribution in [1.29, 1.82) is 0 Å². The van der Waals surface area contributed by atoms with Crippen LogP contribution in [0.1, 0.15) is 26.7 Å². The summed E-state index contributed by atoms with van der Waals surface area (Å²) in [4.78, 5) is 5.02. The van der Waals surface area contributed by atoms with Crippen LogP contribution in [0.2, 0.25) is 0 Å². The summed E-state index contributed by atoms with van der Waals surface area (Å²) >= 11 is 0. The quantitative estimate of drug-likeness (QED) is 0.632. The molecule has 0 fully saturated rings. The summed E-state index contributed by atoms with van der Waals surface area (Å²) in [5.74, 6) is 1.29. The maximum Gasteiger partial charge on any atom is 0.200 e. The number of aromatic nitrogens is 1. The van der Waals surface area contributed by atoms with E-state index in [-0.39, 0.29) is 10.3 Å². The zero-order valence-electron chi connectivity index (χ0n) is 15.3. The van der Waals surface area contributed by atoms with E-state index in [1.54, 1.807) is 24.3 Å². The van der Waals surface area contributed by atoms with Gasteiger partial charge in [0.25, 0.3) is 0 Å². The van der Waals surface area contributed by atoms with E-state index in [1.807, 2.05) is 45.0 Å².